The number of carboxylic acid groups (broad SMARTS) is 2. The smallest absolute Gasteiger partial charge is 0.414 e. The minimum atomic E-state index is -1.82. The van der Waals surface area contributed by atoms with Crippen LogP contribution in [0.5, 0.6) is 0 Å². The summed E-state index contributed by atoms with van der Waals surface area (Å²) >= 11 is 6.64. The second kappa shape index (κ2) is 9.80. The first-order chi connectivity index (χ1) is 14.3. The largest absolute Gasteiger partial charge is 0.473 e. The summed E-state index contributed by atoms with van der Waals surface area (Å²) in [5, 5.41) is 27.6. The third-order valence-electron chi connectivity index (χ3n) is 5.06. The van der Waals surface area contributed by atoms with Gasteiger partial charge in [0.15, 0.2) is 0 Å². The number of carbonyl (C=O) groups is 2. The van der Waals surface area contributed by atoms with Crippen molar-refractivity contribution >= 4 is 23.5 Å². The molecule has 170 valence electrons. The number of nitrogens with one attached hydrogen (secondary N) is 2. The van der Waals surface area contributed by atoms with Crippen molar-refractivity contribution in [2.45, 2.75) is 71.1 Å². The van der Waals surface area contributed by atoms with Gasteiger partial charge in [-0.2, -0.15) is 5.10 Å². The van der Waals surface area contributed by atoms with Gasteiger partial charge in [-0.3, -0.25) is 0 Å². The number of rotatable bonds is 4. The number of aliphatic carboxylic acids is 2. The molecule has 0 spiro atoms. The number of aryl methyl sites for hydroxylation is 1. The zero-order valence-electron chi connectivity index (χ0n) is 18.6. The van der Waals surface area contributed by atoms with E-state index in [1.807, 2.05) is 41.9 Å². The van der Waals surface area contributed by atoms with E-state index >= 15 is 0 Å². The molecule has 2 heterocycles. The molecule has 1 fully saturated rings. The zero-order valence-corrected chi connectivity index (χ0v) is 19.3. The number of carboxylic acids is 2. The summed E-state index contributed by atoms with van der Waals surface area (Å²) in [6, 6.07) is 10.5. The Morgan fingerprint density at radius 1 is 1.13 bits per heavy atom. The van der Waals surface area contributed by atoms with Gasteiger partial charge in [0, 0.05) is 29.2 Å². The van der Waals surface area contributed by atoms with E-state index in [-0.39, 0.29) is 11.1 Å². The number of para-hydroxylation sites is 1. The average molecular weight is 451 g/mol. The molecule has 31 heavy (non-hydrogen) atoms. The summed E-state index contributed by atoms with van der Waals surface area (Å²) < 4.78 is 1.82. The third-order valence-corrected chi connectivity index (χ3v) is 5.45. The standard InChI is InChI=1S/C20H29ClN4.C2H2O4/c1-14-17(18(21)25(23-14)16-9-7-6-8-10-16)13-22-15-11-19(2,3)24-20(4,5)12-15;3-1(4)2(5)6/h6-10,15,22,24H,11-13H2,1-5H3;(H,3,4)(H,5,6). The lowest BCUT2D eigenvalue weighted by atomic mass is 9.79. The normalized spacial score (nSPS) is 17.5. The number of hydrogen-bond acceptors (Lipinski definition) is 5. The van der Waals surface area contributed by atoms with Crippen LogP contribution in [0.25, 0.3) is 5.69 Å². The molecule has 0 bridgehead atoms. The molecular formula is C22H31ClN4O4. The Labute approximate surface area is 187 Å². The third kappa shape index (κ3) is 7.05. The SMILES string of the molecule is Cc1nn(-c2ccccc2)c(Cl)c1CNC1CC(C)(C)NC(C)(C)C1.O=C(O)C(=O)O. The first kappa shape index (κ1) is 24.8. The maximum Gasteiger partial charge on any atom is 0.414 e. The van der Waals surface area contributed by atoms with Crippen molar-refractivity contribution in [3.05, 3.63) is 46.7 Å². The number of halogens is 1. The molecule has 2 aromatic rings. The van der Waals surface area contributed by atoms with Crippen LogP contribution < -0.4 is 10.6 Å². The van der Waals surface area contributed by atoms with Crippen LogP contribution in [0, 0.1) is 6.92 Å². The lowest BCUT2D eigenvalue weighted by molar-refractivity contribution is -0.159. The molecule has 1 aromatic carbocycles. The Balaban J connectivity index is 0.000000501. The lowest BCUT2D eigenvalue weighted by Crippen LogP contribution is -2.61. The van der Waals surface area contributed by atoms with Crippen molar-refractivity contribution in [2.24, 2.45) is 0 Å². The van der Waals surface area contributed by atoms with Gasteiger partial charge in [-0.1, -0.05) is 29.8 Å². The molecule has 0 unspecified atom stereocenters. The predicted octanol–water partition coefficient (Wildman–Crippen LogP) is 3.39. The molecule has 9 heteroatoms. The Morgan fingerprint density at radius 3 is 2.13 bits per heavy atom. The molecule has 3 rings (SSSR count). The van der Waals surface area contributed by atoms with Crippen molar-refractivity contribution in [1.29, 1.82) is 0 Å². The number of nitrogens with zero attached hydrogens (tertiary/aromatic N) is 2. The Hall–Kier alpha value is -2.42. The van der Waals surface area contributed by atoms with Crippen molar-refractivity contribution in [3.63, 3.8) is 0 Å². The van der Waals surface area contributed by atoms with Crippen LogP contribution in [0.4, 0.5) is 0 Å². The molecular weight excluding hydrogens is 420 g/mol. The molecule has 0 radical (unpaired) electrons. The molecule has 1 aliphatic rings. The van der Waals surface area contributed by atoms with E-state index in [1.165, 1.54) is 0 Å². The molecule has 0 amide bonds. The minimum absolute atomic E-state index is 0.131. The van der Waals surface area contributed by atoms with Gasteiger partial charge < -0.3 is 20.8 Å². The first-order valence-corrected chi connectivity index (χ1v) is 10.5. The van der Waals surface area contributed by atoms with E-state index in [2.05, 4.69) is 43.4 Å². The summed E-state index contributed by atoms with van der Waals surface area (Å²) in [5.41, 5.74) is 3.32. The van der Waals surface area contributed by atoms with Crippen LogP contribution in [0.3, 0.4) is 0 Å². The Morgan fingerprint density at radius 2 is 1.65 bits per heavy atom. The molecule has 8 nitrogen and oxygen atoms in total. The quantitative estimate of drug-likeness (QED) is 0.527. The number of hydrogen-bond donors (Lipinski definition) is 4. The summed E-state index contributed by atoms with van der Waals surface area (Å²) in [5.74, 6) is -3.65. The fourth-order valence-corrected chi connectivity index (χ4v) is 4.52. The van der Waals surface area contributed by atoms with Crippen LogP contribution in [0.1, 0.15) is 51.8 Å². The fraction of sp³-hybridized carbons (Fsp3) is 0.500. The second-order valence-corrected chi connectivity index (χ2v) is 9.45. The van der Waals surface area contributed by atoms with Crippen molar-refractivity contribution in [1.82, 2.24) is 20.4 Å². The van der Waals surface area contributed by atoms with Crippen molar-refractivity contribution in [3.8, 4) is 5.69 Å². The van der Waals surface area contributed by atoms with E-state index in [0.717, 1.165) is 36.3 Å². The van der Waals surface area contributed by atoms with E-state index in [9.17, 15) is 0 Å². The highest BCUT2D eigenvalue weighted by Crippen LogP contribution is 2.29. The van der Waals surface area contributed by atoms with Crippen LogP contribution in [-0.4, -0.2) is 49.1 Å². The van der Waals surface area contributed by atoms with Gasteiger partial charge in [0.25, 0.3) is 0 Å². The van der Waals surface area contributed by atoms with Crippen LogP contribution in [0.15, 0.2) is 30.3 Å². The summed E-state index contributed by atoms with van der Waals surface area (Å²) in [6.45, 7) is 11.9. The summed E-state index contributed by atoms with van der Waals surface area (Å²) in [6.07, 6.45) is 2.19. The molecule has 1 saturated heterocycles. The molecule has 1 aliphatic heterocycles. The first-order valence-electron chi connectivity index (χ1n) is 10.1. The summed E-state index contributed by atoms with van der Waals surface area (Å²) in [7, 11) is 0. The van der Waals surface area contributed by atoms with E-state index in [0.29, 0.717) is 11.2 Å². The van der Waals surface area contributed by atoms with Crippen LogP contribution >= 0.6 is 11.6 Å². The predicted molar refractivity (Wildman–Crippen MR) is 120 cm³/mol. The number of benzene rings is 1. The van der Waals surface area contributed by atoms with Gasteiger partial charge in [-0.25, -0.2) is 14.3 Å². The number of aromatic nitrogens is 2. The number of piperidine rings is 1. The fourth-order valence-electron chi connectivity index (χ4n) is 4.19. The topological polar surface area (TPSA) is 116 Å². The monoisotopic (exact) mass is 450 g/mol. The molecule has 4 N–H and O–H groups in total. The van der Waals surface area contributed by atoms with Gasteiger partial charge >= 0.3 is 11.9 Å². The molecule has 0 atom stereocenters. The van der Waals surface area contributed by atoms with Gasteiger partial charge in [0.05, 0.1) is 11.4 Å². The lowest BCUT2D eigenvalue weighted by Gasteiger charge is -2.46. The Bertz CT molecular complexity index is 897. The molecule has 1 aromatic heterocycles. The van der Waals surface area contributed by atoms with Crippen LogP contribution in [0.2, 0.25) is 5.15 Å². The second-order valence-electron chi connectivity index (χ2n) is 9.09. The van der Waals surface area contributed by atoms with Crippen molar-refractivity contribution < 1.29 is 19.8 Å². The highest BCUT2D eigenvalue weighted by atomic mass is 35.5. The highest BCUT2D eigenvalue weighted by molar-refractivity contribution is 6.30. The van der Waals surface area contributed by atoms with Crippen LogP contribution in [-0.2, 0) is 16.1 Å². The van der Waals surface area contributed by atoms with E-state index in [4.69, 9.17) is 31.4 Å². The zero-order chi connectivity index (χ0) is 23.4. The van der Waals surface area contributed by atoms with Crippen molar-refractivity contribution in [2.75, 3.05) is 0 Å². The minimum Gasteiger partial charge on any atom is -0.473 e. The van der Waals surface area contributed by atoms with Gasteiger partial charge in [0.2, 0.25) is 0 Å². The summed E-state index contributed by atoms with van der Waals surface area (Å²) in [4.78, 5) is 18.2. The maximum atomic E-state index is 9.10. The van der Waals surface area contributed by atoms with Gasteiger partial charge in [-0.05, 0) is 59.6 Å². The van der Waals surface area contributed by atoms with Gasteiger partial charge in [0.1, 0.15) is 5.15 Å². The highest BCUT2D eigenvalue weighted by Gasteiger charge is 2.37. The van der Waals surface area contributed by atoms with Gasteiger partial charge in [-0.15, -0.1) is 0 Å². The van der Waals surface area contributed by atoms with E-state index in [1.54, 1.807) is 0 Å². The molecule has 0 aliphatic carbocycles. The molecule has 0 saturated carbocycles. The average Bonchev–Trinajstić information content (AvgIpc) is 2.92. The Kier molecular flexibility index (Phi) is 7.86. The maximum absolute atomic E-state index is 9.10. The van der Waals surface area contributed by atoms with E-state index < -0.39 is 11.9 Å².